The van der Waals surface area contributed by atoms with E-state index in [4.69, 9.17) is 0 Å². The average Bonchev–Trinajstić information content (AvgIpc) is 3.38. The number of imidazole rings is 2. The second-order valence-corrected chi connectivity index (χ2v) is 9.30. The Morgan fingerprint density at radius 3 is 2.62 bits per heavy atom. The number of aromatic nitrogens is 5. The van der Waals surface area contributed by atoms with E-state index in [2.05, 4.69) is 27.0 Å². The first-order valence-electron chi connectivity index (χ1n) is 11.7. The minimum absolute atomic E-state index is 0.0175. The lowest BCUT2D eigenvalue weighted by molar-refractivity contribution is 0.0686. The standard InChI is InChI=1S/C25H26N6O3/c1-28-21(24(32)33)13-27-22(28)15-29-12-10-19(14-29)31-23-20(3-2-11-26-23)30(25(31)34)18-8-6-17(7-9-18)16-4-5-16/h2-3,6-9,11,13,16,19H,4-5,10,12,14-15H2,1H3,(H,32,33)/t19-/m0/s1. The molecule has 0 bridgehead atoms. The zero-order valence-electron chi connectivity index (χ0n) is 19.0. The van der Waals surface area contributed by atoms with Crippen LogP contribution in [0, 0.1) is 0 Å². The molecule has 4 heterocycles. The molecule has 9 heteroatoms. The fourth-order valence-corrected chi connectivity index (χ4v) is 5.10. The van der Waals surface area contributed by atoms with Crippen molar-refractivity contribution in [1.82, 2.24) is 28.6 Å². The first kappa shape index (κ1) is 20.9. The van der Waals surface area contributed by atoms with Crippen molar-refractivity contribution in [3.8, 4) is 5.69 Å². The van der Waals surface area contributed by atoms with E-state index in [1.165, 1.54) is 24.6 Å². The smallest absolute Gasteiger partial charge is 0.354 e. The highest BCUT2D eigenvalue weighted by Gasteiger charge is 2.30. The Morgan fingerprint density at radius 1 is 1.12 bits per heavy atom. The molecule has 4 aromatic rings. The number of likely N-dealkylation sites (tertiary alicyclic amines) is 1. The Balaban J connectivity index is 1.31. The van der Waals surface area contributed by atoms with Crippen LogP contribution in [-0.4, -0.2) is 52.7 Å². The summed E-state index contributed by atoms with van der Waals surface area (Å²) in [4.78, 5) is 36.1. The van der Waals surface area contributed by atoms with Crippen LogP contribution in [0.4, 0.5) is 0 Å². The molecule has 2 aliphatic rings. The number of carbonyl (C=O) groups is 1. The number of hydrogen-bond acceptors (Lipinski definition) is 5. The number of pyridine rings is 1. The van der Waals surface area contributed by atoms with Gasteiger partial charge >= 0.3 is 11.7 Å². The lowest BCUT2D eigenvalue weighted by atomic mass is 10.1. The van der Waals surface area contributed by atoms with Crippen molar-refractivity contribution >= 4 is 17.1 Å². The number of carboxylic acid groups (broad SMARTS) is 1. The van der Waals surface area contributed by atoms with Gasteiger partial charge in [0.1, 0.15) is 11.5 Å². The molecule has 1 aromatic carbocycles. The Labute approximate surface area is 195 Å². The highest BCUT2D eigenvalue weighted by molar-refractivity contribution is 5.85. The summed E-state index contributed by atoms with van der Waals surface area (Å²) in [7, 11) is 1.72. The molecule has 9 nitrogen and oxygen atoms in total. The highest BCUT2D eigenvalue weighted by atomic mass is 16.4. The predicted octanol–water partition coefficient (Wildman–Crippen LogP) is 2.94. The maximum Gasteiger partial charge on any atom is 0.354 e. The van der Waals surface area contributed by atoms with Crippen LogP contribution in [0.5, 0.6) is 0 Å². The maximum atomic E-state index is 13.7. The van der Waals surface area contributed by atoms with Gasteiger partial charge in [-0.2, -0.15) is 0 Å². The van der Waals surface area contributed by atoms with Crippen LogP contribution < -0.4 is 5.69 Å². The van der Waals surface area contributed by atoms with Crippen LogP contribution in [0.25, 0.3) is 16.9 Å². The molecular formula is C25H26N6O3. The summed E-state index contributed by atoms with van der Waals surface area (Å²) in [6.45, 7) is 2.00. The Kier molecular flexibility index (Phi) is 4.88. The molecule has 1 N–H and O–H groups in total. The van der Waals surface area contributed by atoms with Crippen molar-refractivity contribution in [2.75, 3.05) is 13.1 Å². The molecule has 0 spiro atoms. The first-order chi connectivity index (χ1) is 16.5. The quantitative estimate of drug-likeness (QED) is 0.477. The summed E-state index contributed by atoms with van der Waals surface area (Å²) in [6, 6.07) is 12.1. The zero-order valence-corrected chi connectivity index (χ0v) is 19.0. The lowest BCUT2D eigenvalue weighted by Gasteiger charge is -2.16. The van der Waals surface area contributed by atoms with Crippen molar-refractivity contribution in [1.29, 1.82) is 0 Å². The van der Waals surface area contributed by atoms with Crippen LogP contribution >= 0.6 is 0 Å². The lowest BCUT2D eigenvalue weighted by Crippen LogP contribution is -2.29. The van der Waals surface area contributed by atoms with Gasteiger partial charge in [-0.05, 0) is 55.0 Å². The van der Waals surface area contributed by atoms with Gasteiger partial charge in [-0.1, -0.05) is 12.1 Å². The van der Waals surface area contributed by atoms with Gasteiger partial charge in [0.2, 0.25) is 0 Å². The van der Waals surface area contributed by atoms with Crippen LogP contribution in [0.3, 0.4) is 0 Å². The van der Waals surface area contributed by atoms with E-state index in [1.54, 1.807) is 22.4 Å². The van der Waals surface area contributed by atoms with E-state index >= 15 is 0 Å². The number of fused-ring (bicyclic) bond motifs is 1. The Bertz CT molecular complexity index is 1440. The number of rotatable bonds is 6. The Morgan fingerprint density at radius 2 is 1.91 bits per heavy atom. The van der Waals surface area contributed by atoms with E-state index < -0.39 is 5.97 Å². The van der Waals surface area contributed by atoms with E-state index in [0.29, 0.717) is 30.5 Å². The molecule has 3 aromatic heterocycles. The molecule has 34 heavy (non-hydrogen) atoms. The zero-order chi connectivity index (χ0) is 23.4. The summed E-state index contributed by atoms with van der Waals surface area (Å²) in [5.74, 6) is 0.376. The third-order valence-corrected chi connectivity index (χ3v) is 7.11. The van der Waals surface area contributed by atoms with Gasteiger partial charge in [0, 0.05) is 26.3 Å². The van der Waals surface area contributed by atoms with E-state index in [1.807, 2.05) is 28.8 Å². The monoisotopic (exact) mass is 458 g/mol. The van der Waals surface area contributed by atoms with E-state index in [9.17, 15) is 14.7 Å². The Hall–Kier alpha value is -3.72. The molecule has 0 unspecified atom stereocenters. The molecule has 1 aliphatic heterocycles. The number of hydrogen-bond donors (Lipinski definition) is 1. The average molecular weight is 459 g/mol. The van der Waals surface area contributed by atoms with E-state index in [-0.39, 0.29) is 17.4 Å². The largest absolute Gasteiger partial charge is 0.477 e. The SMILES string of the molecule is Cn1c(C(=O)O)cnc1CN1CC[C@H](n2c(=O)n(-c3ccc(C4CC4)cc3)c3cccnc32)C1. The van der Waals surface area contributed by atoms with Crippen molar-refractivity contribution in [2.45, 2.75) is 37.8 Å². The van der Waals surface area contributed by atoms with Crippen molar-refractivity contribution in [3.63, 3.8) is 0 Å². The predicted molar refractivity (Wildman–Crippen MR) is 126 cm³/mol. The first-order valence-corrected chi connectivity index (χ1v) is 11.7. The minimum Gasteiger partial charge on any atom is -0.477 e. The molecular weight excluding hydrogens is 432 g/mol. The third-order valence-electron chi connectivity index (χ3n) is 7.11. The molecule has 2 fully saturated rings. The summed E-state index contributed by atoms with van der Waals surface area (Å²) in [5, 5.41) is 9.28. The molecule has 0 radical (unpaired) electrons. The van der Waals surface area contributed by atoms with Gasteiger partial charge in [0.25, 0.3) is 0 Å². The summed E-state index contributed by atoms with van der Waals surface area (Å²) < 4.78 is 5.20. The van der Waals surface area contributed by atoms with Gasteiger partial charge in [0.15, 0.2) is 5.65 Å². The highest BCUT2D eigenvalue weighted by Crippen LogP contribution is 2.40. The molecule has 1 saturated heterocycles. The van der Waals surface area contributed by atoms with Gasteiger partial charge in [-0.25, -0.2) is 19.6 Å². The van der Waals surface area contributed by atoms with Crippen molar-refractivity contribution in [3.05, 3.63) is 76.4 Å². The van der Waals surface area contributed by atoms with Crippen LogP contribution in [0.1, 0.15) is 53.1 Å². The molecule has 174 valence electrons. The van der Waals surface area contributed by atoms with Crippen LogP contribution in [-0.2, 0) is 13.6 Å². The molecule has 0 amide bonds. The minimum atomic E-state index is -0.990. The summed E-state index contributed by atoms with van der Waals surface area (Å²) >= 11 is 0. The van der Waals surface area contributed by atoms with Crippen molar-refractivity contribution < 1.29 is 9.90 Å². The molecule has 6 rings (SSSR count). The van der Waals surface area contributed by atoms with Crippen molar-refractivity contribution in [2.24, 2.45) is 7.05 Å². The van der Waals surface area contributed by atoms with E-state index in [0.717, 1.165) is 24.2 Å². The molecule has 1 saturated carbocycles. The van der Waals surface area contributed by atoms with Gasteiger partial charge in [-0.3, -0.25) is 14.0 Å². The van der Waals surface area contributed by atoms with Gasteiger partial charge in [0.05, 0.1) is 30.0 Å². The third kappa shape index (κ3) is 3.43. The number of nitrogens with zero attached hydrogens (tertiary/aromatic N) is 6. The number of benzene rings is 1. The maximum absolute atomic E-state index is 13.7. The molecule has 1 atom stereocenters. The summed E-state index contributed by atoms with van der Waals surface area (Å²) in [5.41, 5.74) is 3.78. The second-order valence-electron chi connectivity index (χ2n) is 9.30. The second kappa shape index (κ2) is 7.95. The van der Waals surface area contributed by atoms with Crippen LogP contribution in [0.2, 0.25) is 0 Å². The van der Waals surface area contributed by atoms with Gasteiger partial charge in [-0.15, -0.1) is 0 Å². The molecule has 1 aliphatic carbocycles. The fourth-order valence-electron chi connectivity index (χ4n) is 5.10. The fraction of sp³-hybridized carbons (Fsp3) is 0.360. The topological polar surface area (TPSA) is 98.2 Å². The summed E-state index contributed by atoms with van der Waals surface area (Å²) in [6.07, 6.45) is 6.42. The number of aromatic carboxylic acids is 1. The number of carboxylic acids is 1. The normalized spacial score (nSPS) is 18.7. The van der Waals surface area contributed by atoms with Gasteiger partial charge < -0.3 is 9.67 Å². The van der Waals surface area contributed by atoms with Crippen LogP contribution in [0.15, 0.2) is 53.6 Å².